The lowest BCUT2D eigenvalue weighted by molar-refractivity contribution is -0.137. The zero-order valence-corrected chi connectivity index (χ0v) is 10.1. The smallest absolute Gasteiger partial charge is 0.305 e. The van der Waals surface area contributed by atoms with Crippen LogP contribution in [0.4, 0.5) is 5.69 Å². The van der Waals surface area contributed by atoms with Crippen LogP contribution in [0.3, 0.4) is 0 Å². The molecule has 3 N–H and O–H groups in total. The van der Waals surface area contributed by atoms with Gasteiger partial charge in [0.05, 0.1) is 6.42 Å². The van der Waals surface area contributed by atoms with Crippen LogP contribution in [-0.2, 0) is 4.79 Å². The summed E-state index contributed by atoms with van der Waals surface area (Å²) in [6.07, 6.45) is -0.0989. The van der Waals surface area contributed by atoms with Gasteiger partial charge in [-0.05, 0) is 18.2 Å². The van der Waals surface area contributed by atoms with E-state index in [1.165, 1.54) is 30.1 Å². The summed E-state index contributed by atoms with van der Waals surface area (Å²) >= 11 is 5.78. The van der Waals surface area contributed by atoms with Crippen molar-refractivity contribution in [2.75, 3.05) is 19.3 Å². The van der Waals surface area contributed by atoms with E-state index in [4.69, 9.17) is 22.4 Å². The Morgan fingerprint density at radius 2 is 2.06 bits per heavy atom. The number of nitrogens with zero attached hydrogens (tertiary/aromatic N) is 1. The van der Waals surface area contributed by atoms with E-state index in [2.05, 4.69) is 0 Å². The molecule has 0 spiro atoms. The third-order valence-electron chi connectivity index (χ3n) is 2.17. The number of carboxylic acid groups (broad SMARTS) is 1. The third kappa shape index (κ3) is 3.96. The van der Waals surface area contributed by atoms with Gasteiger partial charge in [0.2, 0.25) is 0 Å². The Morgan fingerprint density at radius 3 is 2.59 bits per heavy atom. The van der Waals surface area contributed by atoms with E-state index in [1.54, 1.807) is 0 Å². The molecule has 1 amide bonds. The molecule has 0 aliphatic rings. The van der Waals surface area contributed by atoms with E-state index < -0.39 is 5.97 Å². The molecule has 0 aromatic heterocycles. The third-order valence-corrected chi connectivity index (χ3v) is 2.39. The molecule has 1 rings (SSSR count). The molecule has 5 nitrogen and oxygen atoms in total. The second kappa shape index (κ2) is 5.54. The normalized spacial score (nSPS) is 10.0. The van der Waals surface area contributed by atoms with Crippen molar-refractivity contribution in [3.8, 4) is 0 Å². The van der Waals surface area contributed by atoms with Crippen LogP contribution >= 0.6 is 11.6 Å². The maximum absolute atomic E-state index is 11.9. The first-order valence-electron chi connectivity index (χ1n) is 4.93. The number of nitrogens with two attached hydrogens (primary N) is 1. The van der Waals surface area contributed by atoms with Crippen LogP contribution in [0.1, 0.15) is 16.8 Å². The second-order valence-corrected chi connectivity index (χ2v) is 4.08. The molecule has 0 bridgehead atoms. The summed E-state index contributed by atoms with van der Waals surface area (Å²) in [5, 5.41) is 8.90. The molecule has 0 fully saturated rings. The molecule has 0 saturated carbocycles. The van der Waals surface area contributed by atoms with Gasteiger partial charge in [-0.25, -0.2) is 0 Å². The van der Waals surface area contributed by atoms with E-state index in [-0.39, 0.29) is 18.9 Å². The number of aliphatic carboxylic acids is 1. The van der Waals surface area contributed by atoms with Crippen molar-refractivity contribution >= 4 is 29.2 Å². The highest BCUT2D eigenvalue weighted by atomic mass is 35.5. The topological polar surface area (TPSA) is 83.6 Å². The van der Waals surface area contributed by atoms with Gasteiger partial charge in [-0.3, -0.25) is 9.59 Å². The van der Waals surface area contributed by atoms with Crippen LogP contribution < -0.4 is 5.73 Å². The molecule has 17 heavy (non-hydrogen) atoms. The molecule has 0 radical (unpaired) electrons. The average Bonchev–Trinajstić information content (AvgIpc) is 2.23. The summed E-state index contributed by atoms with van der Waals surface area (Å²) < 4.78 is 0. The monoisotopic (exact) mass is 256 g/mol. The van der Waals surface area contributed by atoms with E-state index >= 15 is 0 Å². The number of carbonyl (C=O) groups excluding carboxylic acids is 1. The zero-order chi connectivity index (χ0) is 13.0. The van der Waals surface area contributed by atoms with Crippen LogP contribution in [-0.4, -0.2) is 35.5 Å². The van der Waals surface area contributed by atoms with Gasteiger partial charge in [-0.2, -0.15) is 0 Å². The molecule has 1 aromatic carbocycles. The van der Waals surface area contributed by atoms with E-state index in [9.17, 15) is 9.59 Å². The number of nitrogen functional groups attached to an aromatic ring is 1. The van der Waals surface area contributed by atoms with Gasteiger partial charge in [0, 0.05) is 29.9 Å². The van der Waals surface area contributed by atoms with Crippen molar-refractivity contribution in [3.05, 3.63) is 28.8 Å². The largest absolute Gasteiger partial charge is 0.481 e. The molecule has 0 unspecified atom stereocenters. The van der Waals surface area contributed by atoms with Crippen molar-refractivity contribution in [2.24, 2.45) is 0 Å². The maximum atomic E-state index is 11.9. The van der Waals surface area contributed by atoms with Crippen LogP contribution in [0.5, 0.6) is 0 Å². The summed E-state index contributed by atoms with van der Waals surface area (Å²) in [5.41, 5.74) is 6.32. The Bertz CT molecular complexity index is 428. The minimum absolute atomic E-state index is 0.0989. The summed E-state index contributed by atoms with van der Waals surface area (Å²) in [6, 6.07) is 4.54. The molecule has 92 valence electrons. The molecule has 0 heterocycles. The number of carboxylic acids is 1. The first kappa shape index (κ1) is 13.3. The SMILES string of the molecule is CN(CCC(=O)O)C(=O)c1cc(N)cc(Cl)c1. The second-order valence-electron chi connectivity index (χ2n) is 3.64. The Balaban J connectivity index is 2.77. The first-order chi connectivity index (χ1) is 7.90. The van der Waals surface area contributed by atoms with Gasteiger partial charge < -0.3 is 15.7 Å². The number of anilines is 1. The van der Waals surface area contributed by atoms with Crippen molar-refractivity contribution in [2.45, 2.75) is 6.42 Å². The van der Waals surface area contributed by atoms with Crippen molar-refractivity contribution in [1.29, 1.82) is 0 Å². The average molecular weight is 257 g/mol. The van der Waals surface area contributed by atoms with Crippen molar-refractivity contribution in [3.63, 3.8) is 0 Å². The van der Waals surface area contributed by atoms with Gasteiger partial charge in [-0.15, -0.1) is 0 Å². The molecule has 6 heteroatoms. The minimum atomic E-state index is -0.949. The quantitative estimate of drug-likeness (QED) is 0.799. The Kier molecular flexibility index (Phi) is 4.34. The lowest BCUT2D eigenvalue weighted by Crippen LogP contribution is -2.29. The molecule has 0 aliphatic carbocycles. The number of carbonyl (C=O) groups is 2. The minimum Gasteiger partial charge on any atom is -0.481 e. The van der Waals surface area contributed by atoms with Gasteiger partial charge in [0.1, 0.15) is 0 Å². The lowest BCUT2D eigenvalue weighted by atomic mass is 10.2. The lowest BCUT2D eigenvalue weighted by Gasteiger charge is -2.16. The molecule has 0 atom stereocenters. The maximum Gasteiger partial charge on any atom is 0.305 e. The van der Waals surface area contributed by atoms with Gasteiger partial charge in [0.25, 0.3) is 5.91 Å². The van der Waals surface area contributed by atoms with Crippen LogP contribution in [0.25, 0.3) is 0 Å². The summed E-state index contributed by atoms with van der Waals surface area (Å²) in [5.74, 6) is -1.25. The molecular formula is C11H13ClN2O3. The van der Waals surface area contributed by atoms with Gasteiger partial charge in [-0.1, -0.05) is 11.6 Å². The number of benzene rings is 1. The van der Waals surface area contributed by atoms with E-state index in [1.807, 2.05) is 0 Å². The van der Waals surface area contributed by atoms with Crippen LogP contribution in [0.15, 0.2) is 18.2 Å². The zero-order valence-electron chi connectivity index (χ0n) is 9.31. The standard InChI is InChI=1S/C11H13ClN2O3/c1-14(3-2-10(15)16)11(17)7-4-8(12)6-9(13)5-7/h4-6H,2-3,13H2,1H3,(H,15,16). The van der Waals surface area contributed by atoms with E-state index in [0.717, 1.165) is 0 Å². The highest BCUT2D eigenvalue weighted by Crippen LogP contribution is 2.17. The predicted octanol–water partition coefficient (Wildman–Crippen LogP) is 1.47. The highest BCUT2D eigenvalue weighted by Gasteiger charge is 2.13. The predicted molar refractivity (Wildman–Crippen MR) is 65.1 cm³/mol. The van der Waals surface area contributed by atoms with E-state index in [0.29, 0.717) is 16.3 Å². The highest BCUT2D eigenvalue weighted by molar-refractivity contribution is 6.31. The molecular weight excluding hydrogens is 244 g/mol. The number of hydrogen-bond acceptors (Lipinski definition) is 3. The molecule has 0 saturated heterocycles. The first-order valence-corrected chi connectivity index (χ1v) is 5.31. The fourth-order valence-corrected chi connectivity index (χ4v) is 1.56. The van der Waals surface area contributed by atoms with Gasteiger partial charge in [0.15, 0.2) is 0 Å². The van der Waals surface area contributed by atoms with Gasteiger partial charge >= 0.3 is 5.97 Å². The Morgan fingerprint density at radius 1 is 1.41 bits per heavy atom. The fourth-order valence-electron chi connectivity index (χ4n) is 1.32. The van der Waals surface area contributed by atoms with Crippen molar-refractivity contribution < 1.29 is 14.7 Å². The van der Waals surface area contributed by atoms with Crippen molar-refractivity contribution in [1.82, 2.24) is 4.90 Å². The molecule has 0 aliphatic heterocycles. The van der Waals surface area contributed by atoms with Crippen LogP contribution in [0.2, 0.25) is 5.02 Å². The summed E-state index contributed by atoms with van der Waals surface area (Å²) in [6.45, 7) is 0.139. The number of halogens is 1. The Labute approximate surface area is 104 Å². The number of amides is 1. The summed E-state index contributed by atoms with van der Waals surface area (Å²) in [7, 11) is 1.53. The Hall–Kier alpha value is -1.75. The fraction of sp³-hybridized carbons (Fsp3) is 0.273. The number of hydrogen-bond donors (Lipinski definition) is 2. The molecule has 1 aromatic rings. The number of rotatable bonds is 4. The summed E-state index contributed by atoms with van der Waals surface area (Å²) in [4.78, 5) is 23.6. The van der Waals surface area contributed by atoms with Crippen LogP contribution in [0, 0.1) is 0 Å².